The van der Waals surface area contributed by atoms with Crippen molar-refractivity contribution in [2.75, 3.05) is 13.8 Å². The maximum absolute atomic E-state index is 13.3. The van der Waals surface area contributed by atoms with Gasteiger partial charge in [-0.25, -0.2) is 0 Å². The van der Waals surface area contributed by atoms with Crippen LogP contribution in [0, 0.1) is 6.92 Å². The SMILES string of the molecule is COc1ccc2c(c1)c(/C=C1\Oc3c(cc4c(c3C)OCN(Cc3ccco3)C4)C1=O)cn2C. The number of benzene rings is 2. The molecule has 172 valence electrons. The third-order valence-corrected chi connectivity index (χ3v) is 6.48. The molecule has 4 heterocycles. The Morgan fingerprint density at radius 3 is 2.85 bits per heavy atom. The molecule has 0 amide bonds. The second-order valence-corrected chi connectivity index (χ2v) is 8.72. The fourth-order valence-electron chi connectivity index (χ4n) is 4.81. The number of ketones is 1. The predicted octanol–water partition coefficient (Wildman–Crippen LogP) is 5.06. The van der Waals surface area contributed by atoms with E-state index < -0.39 is 0 Å². The molecule has 0 bridgehead atoms. The summed E-state index contributed by atoms with van der Waals surface area (Å²) in [6.45, 7) is 3.70. The summed E-state index contributed by atoms with van der Waals surface area (Å²) in [6, 6.07) is 11.6. The molecule has 2 aromatic carbocycles. The van der Waals surface area contributed by atoms with E-state index >= 15 is 0 Å². The molecule has 0 atom stereocenters. The largest absolute Gasteiger partial charge is 0.497 e. The van der Waals surface area contributed by atoms with E-state index in [2.05, 4.69) is 4.90 Å². The van der Waals surface area contributed by atoms with Gasteiger partial charge in [0.2, 0.25) is 5.78 Å². The summed E-state index contributed by atoms with van der Waals surface area (Å²) >= 11 is 0. The van der Waals surface area contributed by atoms with Gasteiger partial charge in [-0.15, -0.1) is 0 Å². The van der Waals surface area contributed by atoms with Crippen molar-refractivity contribution in [2.24, 2.45) is 7.05 Å². The van der Waals surface area contributed by atoms with E-state index in [4.69, 9.17) is 18.6 Å². The molecule has 2 aromatic heterocycles. The van der Waals surface area contributed by atoms with Gasteiger partial charge < -0.3 is 23.2 Å². The number of carbonyl (C=O) groups is 1. The van der Waals surface area contributed by atoms with Gasteiger partial charge in [0.15, 0.2) is 5.76 Å². The lowest BCUT2D eigenvalue weighted by Crippen LogP contribution is -2.31. The maximum atomic E-state index is 13.3. The van der Waals surface area contributed by atoms with Crippen molar-refractivity contribution >= 4 is 22.8 Å². The number of hydrogen-bond acceptors (Lipinski definition) is 6. The molecule has 0 unspecified atom stereocenters. The lowest BCUT2D eigenvalue weighted by atomic mass is 10.00. The van der Waals surface area contributed by atoms with Crippen LogP contribution < -0.4 is 14.2 Å². The van der Waals surface area contributed by atoms with E-state index in [1.807, 2.05) is 67.2 Å². The summed E-state index contributed by atoms with van der Waals surface area (Å²) in [6.07, 6.45) is 5.47. The Kier molecular flexibility index (Phi) is 4.74. The average molecular weight is 456 g/mol. The van der Waals surface area contributed by atoms with Gasteiger partial charge in [-0.05, 0) is 49.4 Å². The number of furan rings is 1. The fraction of sp³-hybridized carbons (Fsp3) is 0.222. The van der Waals surface area contributed by atoms with Crippen LogP contribution in [0.4, 0.5) is 0 Å². The highest BCUT2D eigenvalue weighted by atomic mass is 16.5. The maximum Gasteiger partial charge on any atom is 0.231 e. The molecule has 0 aliphatic carbocycles. The number of methoxy groups -OCH3 is 1. The standard InChI is InChI=1S/C27H24N2O5/c1-16-26-18(13-29(15-33-26)14-20-5-4-8-32-20)9-22-25(30)24(34-27(16)22)10-17-12-28(2)23-7-6-19(31-3)11-21(17)23/h4-12H,13-15H2,1-3H3/b24-10-. The molecular formula is C27H24N2O5. The highest BCUT2D eigenvalue weighted by Crippen LogP contribution is 2.43. The number of allylic oxidation sites excluding steroid dienone is 1. The average Bonchev–Trinajstić information content (AvgIpc) is 3.54. The minimum Gasteiger partial charge on any atom is -0.497 e. The van der Waals surface area contributed by atoms with Crippen LogP contribution in [0.15, 0.2) is 59.0 Å². The minimum absolute atomic E-state index is 0.121. The van der Waals surface area contributed by atoms with Gasteiger partial charge in [0.25, 0.3) is 0 Å². The van der Waals surface area contributed by atoms with Gasteiger partial charge in [-0.1, -0.05) is 0 Å². The van der Waals surface area contributed by atoms with Crippen molar-refractivity contribution in [3.63, 3.8) is 0 Å². The Bertz CT molecular complexity index is 1460. The predicted molar refractivity (Wildman–Crippen MR) is 127 cm³/mol. The van der Waals surface area contributed by atoms with Crippen molar-refractivity contribution in [1.82, 2.24) is 9.47 Å². The van der Waals surface area contributed by atoms with Crippen molar-refractivity contribution in [3.8, 4) is 17.2 Å². The number of nitrogens with zero attached hydrogens (tertiary/aromatic N) is 2. The van der Waals surface area contributed by atoms with E-state index in [-0.39, 0.29) is 5.78 Å². The van der Waals surface area contributed by atoms with Gasteiger partial charge >= 0.3 is 0 Å². The van der Waals surface area contributed by atoms with Crippen LogP contribution in [0.5, 0.6) is 17.2 Å². The first-order valence-corrected chi connectivity index (χ1v) is 11.1. The molecule has 0 radical (unpaired) electrons. The first kappa shape index (κ1) is 20.6. The van der Waals surface area contributed by atoms with E-state index in [9.17, 15) is 4.79 Å². The summed E-state index contributed by atoms with van der Waals surface area (Å²) in [5.41, 5.74) is 4.34. The number of Topliss-reactive ketones (excluding diaryl/α,β-unsaturated/α-hetero) is 1. The van der Waals surface area contributed by atoms with E-state index in [1.54, 1.807) is 13.4 Å². The van der Waals surface area contributed by atoms with E-state index in [1.165, 1.54) is 0 Å². The first-order valence-electron chi connectivity index (χ1n) is 11.1. The molecule has 7 nitrogen and oxygen atoms in total. The third kappa shape index (κ3) is 3.28. The van der Waals surface area contributed by atoms with Crippen molar-refractivity contribution < 1.29 is 23.4 Å². The second kappa shape index (κ2) is 7.81. The Morgan fingerprint density at radius 1 is 1.18 bits per heavy atom. The molecule has 4 aromatic rings. The first-order chi connectivity index (χ1) is 16.5. The number of hydrogen-bond donors (Lipinski definition) is 0. The van der Waals surface area contributed by atoms with Crippen molar-refractivity contribution in [3.05, 3.63) is 82.6 Å². The van der Waals surface area contributed by atoms with Gasteiger partial charge in [0.05, 0.1) is 25.5 Å². The van der Waals surface area contributed by atoms with Crippen LogP contribution in [0.2, 0.25) is 0 Å². The van der Waals surface area contributed by atoms with Crippen molar-refractivity contribution in [2.45, 2.75) is 20.0 Å². The summed E-state index contributed by atoms with van der Waals surface area (Å²) in [4.78, 5) is 15.5. The number of fused-ring (bicyclic) bond motifs is 3. The molecule has 2 aliphatic heterocycles. The summed E-state index contributed by atoms with van der Waals surface area (Å²) in [7, 11) is 3.62. The monoisotopic (exact) mass is 456 g/mol. The zero-order valence-electron chi connectivity index (χ0n) is 19.3. The molecular weight excluding hydrogens is 432 g/mol. The number of ether oxygens (including phenoxy) is 3. The molecule has 0 fully saturated rings. The molecule has 7 heteroatoms. The van der Waals surface area contributed by atoms with Gasteiger partial charge in [0.1, 0.15) is 29.7 Å². The second-order valence-electron chi connectivity index (χ2n) is 8.72. The summed E-state index contributed by atoms with van der Waals surface area (Å²) in [5.74, 6) is 3.19. The van der Waals surface area contributed by atoms with E-state index in [0.717, 1.165) is 44.9 Å². The molecule has 0 spiro atoms. The van der Waals surface area contributed by atoms with Crippen LogP contribution in [-0.2, 0) is 20.1 Å². The van der Waals surface area contributed by atoms with E-state index in [0.29, 0.717) is 36.9 Å². The molecule has 6 rings (SSSR count). The van der Waals surface area contributed by atoms with Crippen LogP contribution in [-0.4, -0.2) is 29.1 Å². The zero-order valence-corrected chi connectivity index (χ0v) is 19.3. The van der Waals surface area contributed by atoms with Gasteiger partial charge in [-0.2, -0.15) is 0 Å². The highest BCUT2D eigenvalue weighted by molar-refractivity contribution is 6.15. The lowest BCUT2D eigenvalue weighted by molar-refractivity contribution is 0.0813. The topological polar surface area (TPSA) is 66.1 Å². The zero-order chi connectivity index (χ0) is 23.4. The normalized spacial score (nSPS) is 16.4. The summed E-state index contributed by atoms with van der Waals surface area (Å²) < 4.78 is 25.1. The molecule has 2 aliphatic rings. The highest BCUT2D eigenvalue weighted by Gasteiger charge is 2.34. The van der Waals surface area contributed by atoms with Crippen LogP contribution >= 0.6 is 0 Å². The smallest absolute Gasteiger partial charge is 0.231 e. The lowest BCUT2D eigenvalue weighted by Gasteiger charge is -2.29. The number of aryl methyl sites for hydroxylation is 1. The quantitative estimate of drug-likeness (QED) is 0.400. The molecule has 34 heavy (non-hydrogen) atoms. The third-order valence-electron chi connectivity index (χ3n) is 6.48. The number of rotatable bonds is 4. The Morgan fingerprint density at radius 2 is 2.06 bits per heavy atom. The summed E-state index contributed by atoms with van der Waals surface area (Å²) in [5, 5.41) is 0.995. The minimum atomic E-state index is -0.121. The molecule has 0 N–H and O–H groups in total. The van der Waals surface area contributed by atoms with Crippen LogP contribution in [0.25, 0.3) is 17.0 Å². The van der Waals surface area contributed by atoms with Crippen LogP contribution in [0.1, 0.15) is 32.8 Å². The number of carbonyl (C=O) groups excluding carboxylic acids is 1. The number of aromatic nitrogens is 1. The Labute approximate surface area is 196 Å². The van der Waals surface area contributed by atoms with Crippen molar-refractivity contribution in [1.29, 1.82) is 0 Å². The molecule has 0 saturated carbocycles. The Balaban J connectivity index is 1.34. The molecule has 0 saturated heterocycles. The Hall–Kier alpha value is -3.97. The fourth-order valence-corrected chi connectivity index (χ4v) is 4.81. The van der Waals surface area contributed by atoms with Crippen LogP contribution in [0.3, 0.4) is 0 Å². The van der Waals surface area contributed by atoms with Gasteiger partial charge in [-0.3, -0.25) is 9.69 Å². The van der Waals surface area contributed by atoms with Gasteiger partial charge in [0, 0.05) is 47.4 Å².